The van der Waals surface area contributed by atoms with Crippen molar-refractivity contribution in [1.82, 2.24) is 0 Å². The molecule has 0 radical (unpaired) electrons. The normalized spacial score (nSPS) is 10.2. The van der Waals surface area contributed by atoms with Gasteiger partial charge >= 0.3 is 12.1 Å². The lowest BCUT2D eigenvalue weighted by molar-refractivity contribution is 0.0696. The van der Waals surface area contributed by atoms with Crippen molar-refractivity contribution in [1.29, 1.82) is 0 Å². The first-order valence-corrected chi connectivity index (χ1v) is 8.05. The molecule has 0 heterocycles. The second-order valence-electron chi connectivity index (χ2n) is 5.46. The summed E-state index contributed by atoms with van der Waals surface area (Å²) in [6.45, 7) is 7.86. The Bertz CT molecular complexity index is 824. The minimum atomic E-state index is -0.991. The number of allylic oxidation sites excluding steroid dienone is 1. The number of benzene rings is 2. The molecule has 0 fully saturated rings. The first-order valence-electron chi connectivity index (χ1n) is 8.05. The summed E-state index contributed by atoms with van der Waals surface area (Å²) in [5.41, 5.74) is 0.200. The molecule has 2 rings (SSSR count). The highest BCUT2D eigenvalue weighted by atomic mass is 16.7. The van der Waals surface area contributed by atoms with E-state index in [0.717, 1.165) is 10.8 Å². The number of rotatable bonds is 9. The molecule has 0 aliphatic rings. The Kier molecular flexibility index (Phi) is 6.79. The molecule has 1 N–H and O–H groups in total. The summed E-state index contributed by atoms with van der Waals surface area (Å²) in [5, 5.41) is 10.5. The molecule has 0 bridgehead atoms. The second-order valence-corrected chi connectivity index (χ2v) is 5.46. The van der Waals surface area contributed by atoms with Crippen LogP contribution in [0.1, 0.15) is 23.2 Å². The summed E-state index contributed by atoms with van der Waals surface area (Å²) in [5.74, 6) is -0.150. The number of hydrogen-bond acceptors (Lipinski definition) is 5. The summed E-state index contributed by atoms with van der Waals surface area (Å²) in [7, 11) is 0. The maximum absolute atomic E-state index is 11.7. The minimum Gasteiger partial charge on any atom is -0.494 e. The van der Waals surface area contributed by atoms with Crippen LogP contribution in [0.15, 0.2) is 61.4 Å². The number of hydrogen-bond donors (Lipinski definition) is 1. The van der Waals surface area contributed by atoms with Crippen LogP contribution in [-0.2, 0) is 9.47 Å². The van der Waals surface area contributed by atoms with E-state index in [2.05, 4.69) is 13.2 Å². The van der Waals surface area contributed by atoms with Gasteiger partial charge in [-0.15, -0.1) is 0 Å². The van der Waals surface area contributed by atoms with Crippen LogP contribution in [0.2, 0.25) is 0 Å². The van der Waals surface area contributed by atoms with Gasteiger partial charge < -0.3 is 19.3 Å². The fourth-order valence-electron chi connectivity index (χ4n) is 2.17. The van der Waals surface area contributed by atoms with E-state index in [-0.39, 0.29) is 12.2 Å². The second kappa shape index (κ2) is 9.27. The third-order valence-corrected chi connectivity index (χ3v) is 3.53. The third kappa shape index (κ3) is 5.66. The van der Waals surface area contributed by atoms with E-state index < -0.39 is 12.1 Å². The van der Waals surface area contributed by atoms with E-state index in [1.54, 1.807) is 30.3 Å². The number of aromatic carboxylic acids is 1. The van der Waals surface area contributed by atoms with Crippen molar-refractivity contribution in [3.63, 3.8) is 0 Å². The van der Waals surface area contributed by atoms with Crippen molar-refractivity contribution in [2.45, 2.75) is 12.8 Å². The Hall–Kier alpha value is -3.28. The van der Waals surface area contributed by atoms with Gasteiger partial charge in [0, 0.05) is 0 Å². The van der Waals surface area contributed by atoms with E-state index in [0.29, 0.717) is 31.0 Å². The molecular formula is C20H20O6. The molecular weight excluding hydrogens is 336 g/mol. The lowest BCUT2D eigenvalue weighted by atomic mass is 10.1. The van der Waals surface area contributed by atoms with Gasteiger partial charge in [0.15, 0.2) is 0 Å². The van der Waals surface area contributed by atoms with Gasteiger partial charge in [-0.2, -0.15) is 0 Å². The smallest absolute Gasteiger partial charge is 0.494 e. The zero-order chi connectivity index (χ0) is 18.9. The maximum atomic E-state index is 11.7. The topological polar surface area (TPSA) is 82.1 Å². The molecule has 0 aliphatic heterocycles. The van der Waals surface area contributed by atoms with Crippen LogP contribution in [0, 0.1) is 0 Å². The number of fused-ring (bicyclic) bond motifs is 1. The van der Waals surface area contributed by atoms with Crippen LogP contribution >= 0.6 is 0 Å². The number of carboxylic acid groups (broad SMARTS) is 1. The number of carbonyl (C=O) groups is 2. The summed E-state index contributed by atoms with van der Waals surface area (Å²) in [6.07, 6.45) is 2.08. The fraction of sp³-hybridized carbons (Fsp3) is 0.200. The zero-order valence-electron chi connectivity index (χ0n) is 14.3. The number of carboxylic acids is 1. The Morgan fingerprint density at radius 2 is 1.65 bits per heavy atom. The Balaban J connectivity index is 1.79. The highest BCUT2D eigenvalue weighted by Gasteiger charge is 2.08. The van der Waals surface area contributed by atoms with Crippen molar-refractivity contribution < 1.29 is 28.9 Å². The quantitative estimate of drug-likeness (QED) is 0.233. The van der Waals surface area contributed by atoms with Crippen LogP contribution in [0.4, 0.5) is 4.79 Å². The highest BCUT2D eigenvalue weighted by Crippen LogP contribution is 2.22. The van der Waals surface area contributed by atoms with Crippen LogP contribution in [0.3, 0.4) is 0 Å². The van der Waals surface area contributed by atoms with Crippen LogP contribution in [0.5, 0.6) is 5.75 Å². The molecule has 0 amide bonds. The lowest BCUT2D eigenvalue weighted by Crippen LogP contribution is -2.11. The maximum Gasteiger partial charge on any atom is 0.513 e. The molecule has 136 valence electrons. The number of ether oxygens (including phenoxy) is 3. The first kappa shape index (κ1) is 19.1. The van der Waals surface area contributed by atoms with E-state index in [1.807, 2.05) is 0 Å². The average molecular weight is 356 g/mol. The summed E-state index contributed by atoms with van der Waals surface area (Å²) in [6, 6.07) is 9.64. The highest BCUT2D eigenvalue weighted by molar-refractivity contribution is 5.94. The molecule has 0 unspecified atom stereocenters. The van der Waals surface area contributed by atoms with Gasteiger partial charge in [-0.25, -0.2) is 9.59 Å². The SMILES string of the molecule is C=CC(=C)OCCCCOC(=O)Oc1ccc2cc(C(=O)O)ccc2c1. The van der Waals surface area contributed by atoms with Gasteiger partial charge in [0.2, 0.25) is 0 Å². The van der Waals surface area contributed by atoms with E-state index in [1.165, 1.54) is 12.1 Å². The Morgan fingerprint density at radius 1 is 1.00 bits per heavy atom. The van der Waals surface area contributed by atoms with Crippen molar-refractivity contribution in [2.24, 2.45) is 0 Å². The van der Waals surface area contributed by atoms with E-state index in [9.17, 15) is 9.59 Å². The van der Waals surface area contributed by atoms with Crippen molar-refractivity contribution in [3.05, 3.63) is 67.0 Å². The molecule has 6 heteroatoms. The van der Waals surface area contributed by atoms with Crippen molar-refractivity contribution in [2.75, 3.05) is 13.2 Å². The Labute approximate surface area is 151 Å². The molecule has 26 heavy (non-hydrogen) atoms. The van der Waals surface area contributed by atoms with Gasteiger partial charge in [0.25, 0.3) is 0 Å². The first-order chi connectivity index (χ1) is 12.5. The van der Waals surface area contributed by atoms with Crippen molar-refractivity contribution >= 4 is 22.9 Å². The molecule has 0 aromatic heterocycles. The average Bonchev–Trinajstić information content (AvgIpc) is 2.63. The summed E-state index contributed by atoms with van der Waals surface area (Å²) >= 11 is 0. The monoisotopic (exact) mass is 356 g/mol. The minimum absolute atomic E-state index is 0.200. The molecule has 0 atom stereocenters. The molecule has 0 saturated heterocycles. The molecule has 0 saturated carbocycles. The predicted octanol–water partition coefficient (Wildman–Crippen LogP) is 4.55. The van der Waals surface area contributed by atoms with Crippen LogP contribution < -0.4 is 4.74 Å². The van der Waals surface area contributed by atoms with E-state index >= 15 is 0 Å². The van der Waals surface area contributed by atoms with Gasteiger partial charge in [0.1, 0.15) is 11.5 Å². The summed E-state index contributed by atoms with van der Waals surface area (Å²) < 4.78 is 15.4. The van der Waals surface area contributed by atoms with Gasteiger partial charge in [-0.05, 0) is 54.0 Å². The fourth-order valence-corrected chi connectivity index (χ4v) is 2.17. The van der Waals surface area contributed by atoms with Crippen LogP contribution in [0.25, 0.3) is 10.8 Å². The lowest BCUT2D eigenvalue weighted by Gasteiger charge is -2.08. The molecule has 2 aromatic rings. The predicted molar refractivity (Wildman–Crippen MR) is 97.4 cm³/mol. The van der Waals surface area contributed by atoms with Gasteiger partial charge in [0.05, 0.1) is 18.8 Å². The molecule has 6 nitrogen and oxygen atoms in total. The van der Waals surface area contributed by atoms with Crippen molar-refractivity contribution in [3.8, 4) is 5.75 Å². The van der Waals surface area contributed by atoms with Gasteiger partial charge in [-0.1, -0.05) is 25.3 Å². The van der Waals surface area contributed by atoms with E-state index in [4.69, 9.17) is 19.3 Å². The van der Waals surface area contributed by atoms with Crippen LogP contribution in [-0.4, -0.2) is 30.4 Å². The number of carbonyl (C=O) groups excluding carboxylic acids is 1. The number of unbranched alkanes of at least 4 members (excludes halogenated alkanes) is 1. The largest absolute Gasteiger partial charge is 0.513 e. The third-order valence-electron chi connectivity index (χ3n) is 3.53. The molecule has 0 spiro atoms. The Morgan fingerprint density at radius 3 is 2.35 bits per heavy atom. The zero-order valence-corrected chi connectivity index (χ0v) is 14.3. The molecule has 2 aromatic carbocycles. The summed E-state index contributed by atoms with van der Waals surface area (Å²) in [4.78, 5) is 22.7. The molecule has 0 aliphatic carbocycles. The standard InChI is InChI=1S/C20H20O6/c1-3-14(2)24-10-4-5-11-25-20(23)26-18-9-8-15-12-17(19(21)22)7-6-16(15)13-18/h3,6-9,12-13H,1-2,4-5,10-11H2,(H,21,22). The van der Waals surface area contributed by atoms with Gasteiger partial charge in [-0.3, -0.25) is 0 Å².